The number of halogens is 1. The molecule has 0 aliphatic carbocycles. The van der Waals surface area contributed by atoms with E-state index in [1.807, 2.05) is 0 Å². The Morgan fingerprint density at radius 2 is 2.29 bits per heavy atom. The minimum Gasteiger partial charge on any atom is -0.381 e. The van der Waals surface area contributed by atoms with Gasteiger partial charge in [0.1, 0.15) is 5.82 Å². The minimum atomic E-state index is -0.285. The van der Waals surface area contributed by atoms with Crippen LogP contribution in [0, 0.1) is 11.7 Å². The van der Waals surface area contributed by atoms with Gasteiger partial charge in [0.15, 0.2) is 0 Å². The van der Waals surface area contributed by atoms with E-state index in [9.17, 15) is 9.18 Å². The molecule has 1 heterocycles. The number of carbonyl (C=O) groups is 1. The van der Waals surface area contributed by atoms with Crippen LogP contribution in [0.3, 0.4) is 0 Å². The van der Waals surface area contributed by atoms with E-state index in [1.165, 1.54) is 6.07 Å². The molecule has 0 spiro atoms. The topological polar surface area (TPSA) is 38.3 Å². The van der Waals surface area contributed by atoms with E-state index < -0.39 is 0 Å². The SMILES string of the molecule is O=C(NCc1ccccc1F)C1CCCOC1. The summed E-state index contributed by atoms with van der Waals surface area (Å²) in [6, 6.07) is 6.46. The standard InChI is InChI=1S/C13H16FNO2/c14-12-6-2-1-4-10(12)8-15-13(16)11-5-3-7-17-9-11/h1-2,4,6,11H,3,5,7-9H2,(H,15,16). The Hall–Kier alpha value is -1.42. The van der Waals surface area contributed by atoms with Crippen LogP contribution in [-0.4, -0.2) is 19.1 Å². The fourth-order valence-corrected chi connectivity index (χ4v) is 1.92. The molecule has 0 aromatic heterocycles. The number of rotatable bonds is 3. The molecule has 2 rings (SSSR count). The molecule has 0 radical (unpaired) electrons. The van der Waals surface area contributed by atoms with Crippen molar-refractivity contribution in [1.82, 2.24) is 5.32 Å². The van der Waals surface area contributed by atoms with Crippen LogP contribution in [0.2, 0.25) is 0 Å². The third-order valence-corrected chi connectivity index (χ3v) is 2.94. The molecule has 1 aromatic rings. The van der Waals surface area contributed by atoms with E-state index >= 15 is 0 Å². The molecule has 1 aliphatic rings. The molecule has 1 atom stereocenters. The quantitative estimate of drug-likeness (QED) is 0.871. The summed E-state index contributed by atoms with van der Waals surface area (Å²) in [6.45, 7) is 1.45. The maximum Gasteiger partial charge on any atom is 0.225 e. The zero-order chi connectivity index (χ0) is 12.1. The van der Waals surface area contributed by atoms with E-state index in [0.717, 1.165) is 19.4 Å². The van der Waals surface area contributed by atoms with Crippen molar-refractivity contribution in [3.63, 3.8) is 0 Å². The predicted octanol–water partition coefficient (Wildman–Crippen LogP) is 1.87. The van der Waals surface area contributed by atoms with Gasteiger partial charge in [0, 0.05) is 18.7 Å². The molecule has 92 valence electrons. The van der Waals surface area contributed by atoms with Crippen LogP contribution in [0.5, 0.6) is 0 Å². The second-order valence-corrected chi connectivity index (χ2v) is 4.22. The Balaban J connectivity index is 1.85. The van der Waals surface area contributed by atoms with E-state index in [0.29, 0.717) is 12.2 Å². The average molecular weight is 237 g/mol. The summed E-state index contributed by atoms with van der Waals surface area (Å²) in [5, 5.41) is 2.75. The Morgan fingerprint density at radius 1 is 1.47 bits per heavy atom. The molecule has 1 amide bonds. The first kappa shape index (κ1) is 12.0. The largest absolute Gasteiger partial charge is 0.381 e. The van der Waals surface area contributed by atoms with Crippen LogP contribution in [0.25, 0.3) is 0 Å². The molecule has 17 heavy (non-hydrogen) atoms. The highest BCUT2D eigenvalue weighted by Crippen LogP contribution is 2.14. The van der Waals surface area contributed by atoms with Crippen LogP contribution in [0.4, 0.5) is 4.39 Å². The van der Waals surface area contributed by atoms with Crippen LogP contribution >= 0.6 is 0 Å². The zero-order valence-corrected chi connectivity index (χ0v) is 9.62. The van der Waals surface area contributed by atoms with E-state index in [4.69, 9.17) is 4.74 Å². The van der Waals surface area contributed by atoms with Crippen molar-refractivity contribution >= 4 is 5.91 Å². The van der Waals surface area contributed by atoms with Crippen molar-refractivity contribution in [2.45, 2.75) is 19.4 Å². The molecular weight excluding hydrogens is 221 g/mol. The number of carbonyl (C=O) groups excluding carboxylic acids is 1. The number of nitrogens with one attached hydrogen (secondary N) is 1. The van der Waals surface area contributed by atoms with Gasteiger partial charge < -0.3 is 10.1 Å². The summed E-state index contributed by atoms with van der Waals surface area (Å²) >= 11 is 0. The van der Waals surface area contributed by atoms with Crippen molar-refractivity contribution in [3.05, 3.63) is 35.6 Å². The molecule has 1 saturated heterocycles. The van der Waals surface area contributed by atoms with Crippen LogP contribution in [0.1, 0.15) is 18.4 Å². The third kappa shape index (κ3) is 3.27. The van der Waals surface area contributed by atoms with Gasteiger partial charge >= 0.3 is 0 Å². The van der Waals surface area contributed by atoms with Gasteiger partial charge in [-0.2, -0.15) is 0 Å². The second-order valence-electron chi connectivity index (χ2n) is 4.22. The van der Waals surface area contributed by atoms with Crippen LogP contribution in [0.15, 0.2) is 24.3 Å². The lowest BCUT2D eigenvalue weighted by molar-refractivity contribution is -0.129. The van der Waals surface area contributed by atoms with Gasteiger partial charge in [-0.1, -0.05) is 18.2 Å². The molecule has 1 aliphatic heterocycles. The molecule has 3 nitrogen and oxygen atoms in total. The fourth-order valence-electron chi connectivity index (χ4n) is 1.92. The summed E-state index contributed by atoms with van der Waals surface area (Å²) in [6.07, 6.45) is 1.76. The highest BCUT2D eigenvalue weighted by atomic mass is 19.1. The summed E-state index contributed by atoms with van der Waals surface area (Å²) in [7, 11) is 0. The lowest BCUT2D eigenvalue weighted by Gasteiger charge is -2.21. The molecule has 1 fully saturated rings. The van der Waals surface area contributed by atoms with Gasteiger partial charge in [-0.25, -0.2) is 4.39 Å². The van der Waals surface area contributed by atoms with Crippen molar-refractivity contribution < 1.29 is 13.9 Å². The monoisotopic (exact) mass is 237 g/mol. The second kappa shape index (κ2) is 5.77. The lowest BCUT2D eigenvalue weighted by atomic mass is 10.0. The first-order valence-corrected chi connectivity index (χ1v) is 5.86. The maximum absolute atomic E-state index is 13.3. The highest BCUT2D eigenvalue weighted by Gasteiger charge is 2.21. The Kier molecular flexibility index (Phi) is 4.09. The summed E-state index contributed by atoms with van der Waals surface area (Å²) in [5.41, 5.74) is 0.512. The van der Waals surface area contributed by atoms with E-state index in [1.54, 1.807) is 18.2 Å². The molecule has 0 saturated carbocycles. The van der Waals surface area contributed by atoms with Gasteiger partial charge in [-0.15, -0.1) is 0 Å². The average Bonchev–Trinajstić information content (AvgIpc) is 2.38. The maximum atomic E-state index is 13.3. The zero-order valence-electron chi connectivity index (χ0n) is 9.62. The van der Waals surface area contributed by atoms with Crippen molar-refractivity contribution in [3.8, 4) is 0 Å². The smallest absolute Gasteiger partial charge is 0.225 e. The van der Waals surface area contributed by atoms with E-state index in [-0.39, 0.29) is 24.2 Å². The van der Waals surface area contributed by atoms with Gasteiger partial charge in [0.25, 0.3) is 0 Å². The molecule has 1 N–H and O–H groups in total. The van der Waals surface area contributed by atoms with Gasteiger partial charge in [-0.05, 0) is 18.9 Å². The van der Waals surface area contributed by atoms with Gasteiger partial charge in [0.2, 0.25) is 5.91 Å². The number of hydrogen-bond donors (Lipinski definition) is 1. The lowest BCUT2D eigenvalue weighted by Crippen LogP contribution is -2.35. The molecular formula is C13H16FNO2. The highest BCUT2D eigenvalue weighted by molar-refractivity contribution is 5.78. The molecule has 0 bridgehead atoms. The predicted molar refractivity (Wildman–Crippen MR) is 61.8 cm³/mol. The number of benzene rings is 1. The summed E-state index contributed by atoms with van der Waals surface area (Å²) < 4.78 is 18.6. The van der Waals surface area contributed by atoms with Crippen LogP contribution < -0.4 is 5.32 Å². The Labute approximate surface area is 100.0 Å². The van der Waals surface area contributed by atoms with Gasteiger partial charge in [-0.3, -0.25) is 4.79 Å². The number of hydrogen-bond acceptors (Lipinski definition) is 2. The summed E-state index contributed by atoms with van der Waals surface area (Å²) in [5.74, 6) is -0.420. The van der Waals surface area contributed by atoms with Gasteiger partial charge in [0.05, 0.1) is 12.5 Å². The first-order chi connectivity index (χ1) is 8.27. The van der Waals surface area contributed by atoms with E-state index in [2.05, 4.69) is 5.32 Å². The normalized spacial score (nSPS) is 19.9. The van der Waals surface area contributed by atoms with Crippen LogP contribution in [-0.2, 0) is 16.1 Å². The number of amides is 1. The minimum absolute atomic E-state index is 0.0482. The first-order valence-electron chi connectivity index (χ1n) is 5.86. The Morgan fingerprint density at radius 3 is 3.00 bits per heavy atom. The van der Waals surface area contributed by atoms with Crippen molar-refractivity contribution in [2.75, 3.05) is 13.2 Å². The molecule has 1 aromatic carbocycles. The Bertz CT molecular complexity index is 389. The summed E-state index contributed by atoms with van der Waals surface area (Å²) in [4.78, 5) is 11.8. The number of ether oxygens (including phenoxy) is 1. The fraction of sp³-hybridized carbons (Fsp3) is 0.462. The van der Waals surface area contributed by atoms with Crippen molar-refractivity contribution in [1.29, 1.82) is 0 Å². The third-order valence-electron chi connectivity index (χ3n) is 2.94. The molecule has 4 heteroatoms. The van der Waals surface area contributed by atoms with Crippen molar-refractivity contribution in [2.24, 2.45) is 5.92 Å². The molecule has 1 unspecified atom stereocenters.